The molecule has 0 aliphatic rings. The van der Waals surface area contributed by atoms with E-state index in [0.29, 0.717) is 0 Å². The van der Waals surface area contributed by atoms with Gasteiger partial charge in [-0.05, 0) is 41.1 Å². The molecule has 5 nitrogen and oxygen atoms in total. The van der Waals surface area contributed by atoms with Crippen LogP contribution in [0.5, 0.6) is 0 Å². The van der Waals surface area contributed by atoms with Gasteiger partial charge >= 0.3 is 5.97 Å². The fraction of sp³-hybridized carbons (Fsp3) is 0. The highest BCUT2D eigenvalue weighted by Gasteiger charge is 2.21. The number of rotatable bonds is 4. The number of carbonyl (C=O) groups is 1. The largest absolute Gasteiger partial charge is 0.478 e. The molecule has 0 radical (unpaired) electrons. The molecule has 0 aromatic heterocycles. The lowest BCUT2D eigenvalue weighted by Gasteiger charge is -2.10. The van der Waals surface area contributed by atoms with Crippen LogP contribution in [0.3, 0.4) is 0 Å². The number of hydrogen-bond donors (Lipinski definition) is 2. The summed E-state index contributed by atoms with van der Waals surface area (Å²) in [5.74, 6) is -2.36. The van der Waals surface area contributed by atoms with E-state index in [1.165, 1.54) is 0 Å². The summed E-state index contributed by atoms with van der Waals surface area (Å²) < 4.78 is 40.9. The summed E-state index contributed by atoms with van der Waals surface area (Å²) in [4.78, 5) is 10.2. The maximum Gasteiger partial charge on any atom is 0.335 e. The average molecular weight is 345 g/mol. The SMILES string of the molecule is O=C(O)c1ccc(F)c(S(=O)(=O)Nc2ccc3ccccc3c2)c1. The third-order valence-corrected chi connectivity index (χ3v) is 4.87. The predicted octanol–water partition coefficient (Wildman–Crippen LogP) is 3.48. The number of carboxylic acid groups (broad SMARTS) is 1. The first kappa shape index (κ1) is 15.9. The predicted molar refractivity (Wildman–Crippen MR) is 88.1 cm³/mol. The van der Waals surface area contributed by atoms with Crippen LogP contribution in [0.25, 0.3) is 10.8 Å². The Morgan fingerprint density at radius 1 is 0.958 bits per heavy atom. The lowest BCUT2D eigenvalue weighted by atomic mass is 10.1. The molecule has 0 atom stereocenters. The summed E-state index contributed by atoms with van der Waals surface area (Å²) in [6.45, 7) is 0. The summed E-state index contributed by atoms with van der Waals surface area (Å²) in [6.07, 6.45) is 0. The molecule has 0 unspecified atom stereocenters. The van der Waals surface area contributed by atoms with E-state index >= 15 is 0 Å². The van der Waals surface area contributed by atoms with Crippen molar-refractivity contribution in [2.45, 2.75) is 4.90 Å². The smallest absolute Gasteiger partial charge is 0.335 e. The Bertz CT molecular complexity index is 1050. The van der Waals surface area contributed by atoms with E-state index in [9.17, 15) is 17.6 Å². The fourth-order valence-electron chi connectivity index (χ4n) is 2.31. The standard InChI is InChI=1S/C17H12FNO4S/c18-15-8-6-13(17(20)21)10-16(15)24(22,23)19-14-7-5-11-3-1-2-4-12(11)9-14/h1-10,19H,(H,20,21). The zero-order valence-electron chi connectivity index (χ0n) is 12.2. The zero-order valence-corrected chi connectivity index (χ0v) is 13.0. The van der Waals surface area contributed by atoms with Crippen molar-refractivity contribution in [1.82, 2.24) is 0 Å². The van der Waals surface area contributed by atoms with Crippen molar-refractivity contribution in [3.8, 4) is 0 Å². The fourth-order valence-corrected chi connectivity index (χ4v) is 3.46. The highest BCUT2D eigenvalue weighted by molar-refractivity contribution is 7.92. The maximum atomic E-state index is 13.9. The second-order valence-corrected chi connectivity index (χ2v) is 6.77. The highest BCUT2D eigenvalue weighted by atomic mass is 32.2. The molecule has 0 fully saturated rings. The van der Waals surface area contributed by atoms with E-state index in [-0.39, 0.29) is 11.3 Å². The van der Waals surface area contributed by atoms with E-state index in [0.717, 1.165) is 29.0 Å². The normalized spacial score (nSPS) is 11.4. The lowest BCUT2D eigenvalue weighted by Crippen LogP contribution is -2.15. The van der Waals surface area contributed by atoms with Crippen molar-refractivity contribution in [3.05, 3.63) is 72.0 Å². The van der Waals surface area contributed by atoms with Gasteiger partial charge in [-0.2, -0.15) is 0 Å². The quantitative estimate of drug-likeness (QED) is 0.758. The van der Waals surface area contributed by atoms with Crippen molar-refractivity contribution in [1.29, 1.82) is 0 Å². The molecular weight excluding hydrogens is 333 g/mol. The summed E-state index contributed by atoms with van der Waals surface area (Å²) >= 11 is 0. The van der Waals surface area contributed by atoms with Gasteiger partial charge in [0.25, 0.3) is 10.0 Å². The van der Waals surface area contributed by atoms with Crippen LogP contribution in [0.15, 0.2) is 65.6 Å². The van der Waals surface area contributed by atoms with Gasteiger partial charge in [-0.25, -0.2) is 17.6 Å². The number of benzene rings is 3. The number of aromatic carboxylic acids is 1. The molecule has 3 aromatic carbocycles. The highest BCUT2D eigenvalue weighted by Crippen LogP contribution is 2.23. The first-order valence-corrected chi connectivity index (χ1v) is 8.39. The Morgan fingerprint density at radius 3 is 2.38 bits per heavy atom. The van der Waals surface area contributed by atoms with Gasteiger partial charge in [-0.1, -0.05) is 30.3 Å². The molecule has 0 aliphatic heterocycles. The van der Waals surface area contributed by atoms with Crippen molar-refractivity contribution in [3.63, 3.8) is 0 Å². The van der Waals surface area contributed by atoms with Crippen LogP contribution in [0.1, 0.15) is 10.4 Å². The van der Waals surface area contributed by atoms with Crippen LogP contribution in [0.2, 0.25) is 0 Å². The van der Waals surface area contributed by atoms with Crippen molar-refractivity contribution in [2.24, 2.45) is 0 Å². The number of sulfonamides is 1. The Kier molecular flexibility index (Phi) is 3.94. The van der Waals surface area contributed by atoms with Gasteiger partial charge in [0.05, 0.1) is 5.56 Å². The lowest BCUT2D eigenvalue weighted by molar-refractivity contribution is 0.0696. The van der Waals surface area contributed by atoms with E-state index in [2.05, 4.69) is 4.72 Å². The first-order chi connectivity index (χ1) is 11.4. The molecule has 7 heteroatoms. The van der Waals surface area contributed by atoms with Crippen molar-refractivity contribution < 1.29 is 22.7 Å². The minimum absolute atomic E-state index is 0.258. The molecule has 2 N–H and O–H groups in total. The van der Waals surface area contributed by atoms with E-state index in [4.69, 9.17) is 5.11 Å². The topological polar surface area (TPSA) is 83.5 Å². The number of halogens is 1. The van der Waals surface area contributed by atoms with Crippen LogP contribution in [-0.4, -0.2) is 19.5 Å². The minimum atomic E-state index is -4.26. The minimum Gasteiger partial charge on any atom is -0.478 e. The van der Waals surface area contributed by atoms with Crippen LogP contribution < -0.4 is 4.72 Å². The Morgan fingerprint density at radius 2 is 1.67 bits per heavy atom. The number of carboxylic acids is 1. The molecule has 122 valence electrons. The molecule has 0 heterocycles. The Balaban J connectivity index is 2.01. The number of hydrogen-bond acceptors (Lipinski definition) is 3. The third-order valence-electron chi connectivity index (χ3n) is 3.47. The monoisotopic (exact) mass is 345 g/mol. The number of fused-ring (bicyclic) bond motifs is 1. The molecule has 0 bridgehead atoms. The second kappa shape index (κ2) is 5.93. The van der Waals surface area contributed by atoms with E-state index < -0.39 is 26.7 Å². The van der Waals surface area contributed by atoms with E-state index in [1.807, 2.05) is 24.3 Å². The van der Waals surface area contributed by atoms with Gasteiger partial charge in [0.15, 0.2) is 0 Å². The summed E-state index contributed by atoms with van der Waals surface area (Å²) in [5, 5.41) is 10.7. The van der Waals surface area contributed by atoms with Crippen LogP contribution in [0.4, 0.5) is 10.1 Å². The van der Waals surface area contributed by atoms with Crippen LogP contribution in [0, 0.1) is 5.82 Å². The second-order valence-electron chi connectivity index (χ2n) is 5.12. The van der Waals surface area contributed by atoms with Gasteiger partial charge in [-0.15, -0.1) is 0 Å². The molecule has 0 spiro atoms. The average Bonchev–Trinajstić information content (AvgIpc) is 2.54. The molecule has 0 saturated heterocycles. The van der Waals surface area contributed by atoms with E-state index in [1.54, 1.807) is 18.2 Å². The summed E-state index contributed by atoms with van der Waals surface area (Å²) in [6, 6.07) is 14.9. The van der Waals surface area contributed by atoms with Gasteiger partial charge in [0.2, 0.25) is 0 Å². The van der Waals surface area contributed by atoms with Gasteiger partial charge in [-0.3, -0.25) is 4.72 Å². The van der Waals surface area contributed by atoms with Crippen molar-refractivity contribution >= 4 is 32.5 Å². The molecule has 3 rings (SSSR count). The molecule has 3 aromatic rings. The number of nitrogens with one attached hydrogen (secondary N) is 1. The van der Waals surface area contributed by atoms with Gasteiger partial charge in [0.1, 0.15) is 10.7 Å². The van der Waals surface area contributed by atoms with Gasteiger partial charge < -0.3 is 5.11 Å². The molecular formula is C17H12FNO4S. The molecule has 0 saturated carbocycles. The molecule has 0 aliphatic carbocycles. The van der Waals surface area contributed by atoms with Crippen LogP contribution >= 0.6 is 0 Å². The maximum absolute atomic E-state index is 13.9. The Hall–Kier alpha value is -2.93. The van der Waals surface area contributed by atoms with Crippen LogP contribution in [-0.2, 0) is 10.0 Å². The van der Waals surface area contributed by atoms with Crippen molar-refractivity contribution in [2.75, 3.05) is 4.72 Å². The Labute approximate surface area is 137 Å². The number of anilines is 1. The van der Waals surface area contributed by atoms with Gasteiger partial charge in [0, 0.05) is 5.69 Å². The summed E-state index contributed by atoms with van der Waals surface area (Å²) in [7, 11) is -4.26. The summed E-state index contributed by atoms with van der Waals surface area (Å²) in [5.41, 5.74) is -0.0517. The third kappa shape index (κ3) is 3.07. The molecule has 24 heavy (non-hydrogen) atoms. The molecule has 0 amide bonds. The zero-order chi connectivity index (χ0) is 17.3. The first-order valence-electron chi connectivity index (χ1n) is 6.91.